The molecule has 1 nitrogen and oxygen atoms in total. The fourth-order valence-electron chi connectivity index (χ4n) is 1.84. The van der Waals surface area contributed by atoms with Crippen LogP contribution in [0.25, 0.3) is 0 Å². The van der Waals surface area contributed by atoms with Gasteiger partial charge >= 0.3 is 0 Å². The van der Waals surface area contributed by atoms with Crippen LogP contribution in [0.15, 0.2) is 23.1 Å². The molecule has 0 amide bonds. The van der Waals surface area contributed by atoms with Crippen LogP contribution in [0.4, 0.5) is 0 Å². The molecule has 1 rings (SSSR count). The molecule has 0 atom stereocenters. The van der Waals surface area contributed by atoms with E-state index in [-0.39, 0.29) is 15.9 Å². The first-order chi connectivity index (χ1) is 8.06. The maximum absolute atomic E-state index is 11.8. The zero-order chi connectivity index (χ0) is 14.1. The largest absolute Gasteiger partial charge is 0.299 e. The summed E-state index contributed by atoms with van der Waals surface area (Å²) in [5, 5.41) is 0. The van der Waals surface area contributed by atoms with Gasteiger partial charge in [-0.25, -0.2) is 0 Å². The summed E-state index contributed by atoms with van der Waals surface area (Å²) < 4.78 is -0.126. The Morgan fingerprint density at radius 1 is 1.00 bits per heavy atom. The molecule has 0 aliphatic rings. The SMILES string of the molecule is CC(=O)C(C)(C)C(C)(C)Sc1cc(C)cc(C)c1. The third-order valence-electron chi connectivity index (χ3n) is 3.95. The second-order valence-corrected chi connectivity index (χ2v) is 7.81. The lowest BCUT2D eigenvalue weighted by Crippen LogP contribution is -2.41. The lowest BCUT2D eigenvalue weighted by Gasteiger charge is -2.39. The lowest BCUT2D eigenvalue weighted by molar-refractivity contribution is -0.126. The van der Waals surface area contributed by atoms with Gasteiger partial charge in [0.05, 0.1) is 0 Å². The first-order valence-corrected chi connectivity index (χ1v) is 7.16. The molecule has 0 spiro atoms. The van der Waals surface area contributed by atoms with Gasteiger partial charge in [0.2, 0.25) is 0 Å². The van der Waals surface area contributed by atoms with Gasteiger partial charge in [-0.2, -0.15) is 0 Å². The van der Waals surface area contributed by atoms with Crippen molar-refractivity contribution >= 4 is 17.5 Å². The molecule has 1 aromatic rings. The van der Waals surface area contributed by atoms with E-state index in [1.54, 1.807) is 18.7 Å². The molecular formula is C16H24OS. The Balaban J connectivity index is 3.05. The maximum Gasteiger partial charge on any atom is 0.136 e. The van der Waals surface area contributed by atoms with Crippen LogP contribution in [0.1, 0.15) is 45.7 Å². The first kappa shape index (κ1) is 15.3. The second kappa shape index (κ2) is 5.08. The van der Waals surface area contributed by atoms with E-state index in [0.717, 1.165) is 0 Å². The third kappa shape index (κ3) is 3.17. The summed E-state index contributed by atoms with van der Waals surface area (Å²) in [6.07, 6.45) is 0. The molecule has 2 heteroatoms. The maximum atomic E-state index is 11.8. The molecule has 0 aromatic heterocycles. The van der Waals surface area contributed by atoms with Crippen LogP contribution < -0.4 is 0 Å². The van der Waals surface area contributed by atoms with Gasteiger partial charge in [-0.1, -0.05) is 19.9 Å². The number of carbonyl (C=O) groups is 1. The van der Waals surface area contributed by atoms with Crippen LogP contribution >= 0.6 is 11.8 Å². The van der Waals surface area contributed by atoms with Crippen LogP contribution in [0.5, 0.6) is 0 Å². The van der Waals surface area contributed by atoms with E-state index in [1.165, 1.54) is 16.0 Å². The standard InChI is InChI=1S/C16H24OS/c1-11-8-12(2)10-14(9-11)18-16(6,7)15(4,5)13(3)17/h8-10H,1-7H3. The van der Waals surface area contributed by atoms with Crippen molar-refractivity contribution < 1.29 is 4.79 Å². The molecule has 0 fully saturated rings. The van der Waals surface area contributed by atoms with Crippen molar-refractivity contribution in [1.82, 2.24) is 0 Å². The Morgan fingerprint density at radius 3 is 1.83 bits per heavy atom. The number of Topliss-reactive ketones (excluding diaryl/α,β-unsaturated/α-hetero) is 1. The third-order valence-corrected chi connectivity index (χ3v) is 5.45. The summed E-state index contributed by atoms with van der Waals surface area (Å²) in [5.41, 5.74) is 2.21. The molecule has 0 radical (unpaired) electrons. The molecule has 0 aliphatic carbocycles. The summed E-state index contributed by atoms with van der Waals surface area (Å²) >= 11 is 1.79. The Hall–Kier alpha value is -0.760. The summed E-state index contributed by atoms with van der Waals surface area (Å²) in [6.45, 7) is 14.3. The lowest BCUT2D eigenvalue weighted by atomic mass is 9.77. The van der Waals surface area contributed by atoms with Crippen LogP contribution in [0, 0.1) is 19.3 Å². The molecule has 0 saturated carbocycles. The van der Waals surface area contributed by atoms with Crippen molar-refractivity contribution in [3.8, 4) is 0 Å². The minimum atomic E-state index is -0.338. The molecular weight excluding hydrogens is 240 g/mol. The van der Waals surface area contributed by atoms with E-state index >= 15 is 0 Å². The predicted molar refractivity (Wildman–Crippen MR) is 80.3 cm³/mol. The fraction of sp³-hybridized carbons (Fsp3) is 0.562. The summed E-state index contributed by atoms with van der Waals surface area (Å²) in [6, 6.07) is 6.55. The predicted octanol–water partition coefficient (Wildman–Crippen LogP) is 4.79. The van der Waals surface area contributed by atoms with E-state index in [0.29, 0.717) is 0 Å². The highest BCUT2D eigenvalue weighted by molar-refractivity contribution is 8.00. The topological polar surface area (TPSA) is 17.1 Å². The van der Waals surface area contributed by atoms with Gasteiger partial charge in [0.1, 0.15) is 5.78 Å². The average molecular weight is 264 g/mol. The molecule has 100 valence electrons. The Labute approximate surface area is 115 Å². The number of benzene rings is 1. The minimum absolute atomic E-state index is 0.126. The number of thioether (sulfide) groups is 1. The Kier molecular flexibility index (Phi) is 4.32. The van der Waals surface area contributed by atoms with Crippen LogP contribution in [0.3, 0.4) is 0 Å². The highest BCUT2D eigenvalue weighted by atomic mass is 32.2. The molecule has 0 N–H and O–H groups in total. The normalized spacial score (nSPS) is 12.6. The Morgan fingerprint density at radius 2 is 1.44 bits per heavy atom. The minimum Gasteiger partial charge on any atom is -0.299 e. The first-order valence-electron chi connectivity index (χ1n) is 6.34. The van der Waals surface area contributed by atoms with Crippen molar-refractivity contribution in [2.75, 3.05) is 0 Å². The second-order valence-electron chi connectivity index (χ2n) is 6.12. The molecule has 0 saturated heterocycles. The molecule has 18 heavy (non-hydrogen) atoms. The highest BCUT2D eigenvalue weighted by Crippen LogP contribution is 2.46. The number of rotatable bonds is 4. The van der Waals surface area contributed by atoms with E-state index in [4.69, 9.17) is 0 Å². The molecule has 0 heterocycles. The van der Waals surface area contributed by atoms with Crippen LogP contribution in [0.2, 0.25) is 0 Å². The van der Waals surface area contributed by atoms with Crippen molar-refractivity contribution in [2.24, 2.45) is 5.41 Å². The number of ketones is 1. The number of hydrogen-bond acceptors (Lipinski definition) is 2. The van der Waals surface area contributed by atoms with Crippen molar-refractivity contribution in [3.63, 3.8) is 0 Å². The molecule has 0 unspecified atom stereocenters. The number of hydrogen-bond donors (Lipinski definition) is 0. The number of aryl methyl sites for hydroxylation is 2. The van der Waals surface area contributed by atoms with Gasteiger partial charge in [0.25, 0.3) is 0 Å². The van der Waals surface area contributed by atoms with Crippen molar-refractivity contribution in [1.29, 1.82) is 0 Å². The summed E-state index contributed by atoms with van der Waals surface area (Å²) in [5.74, 6) is 0.240. The molecule has 1 aromatic carbocycles. The van der Waals surface area contributed by atoms with Crippen LogP contribution in [-0.4, -0.2) is 10.5 Å². The zero-order valence-electron chi connectivity index (χ0n) is 12.5. The quantitative estimate of drug-likeness (QED) is 0.727. The summed E-state index contributed by atoms with van der Waals surface area (Å²) in [7, 11) is 0. The highest BCUT2D eigenvalue weighted by Gasteiger charge is 2.41. The van der Waals surface area contributed by atoms with Gasteiger partial charge in [0.15, 0.2) is 0 Å². The summed E-state index contributed by atoms with van der Waals surface area (Å²) in [4.78, 5) is 13.1. The van der Waals surface area contributed by atoms with Gasteiger partial charge in [-0.15, -0.1) is 11.8 Å². The van der Waals surface area contributed by atoms with E-state index in [9.17, 15) is 4.79 Å². The van der Waals surface area contributed by atoms with Gasteiger partial charge in [-0.3, -0.25) is 4.79 Å². The van der Waals surface area contributed by atoms with Crippen LogP contribution in [-0.2, 0) is 4.79 Å². The zero-order valence-corrected chi connectivity index (χ0v) is 13.4. The molecule has 0 aliphatic heterocycles. The number of carbonyl (C=O) groups excluding carboxylic acids is 1. The van der Waals surface area contributed by atoms with Crippen molar-refractivity contribution in [3.05, 3.63) is 29.3 Å². The fourth-order valence-corrected chi connectivity index (χ4v) is 3.32. The van der Waals surface area contributed by atoms with Crippen molar-refractivity contribution in [2.45, 2.75) is 58.1 Å². The van der Waals surface area contributed by atoms with Gasteiger partial charge in [0, 0.05) is 15.1 Å². The average Bonchev–Trinajstić information content (AvgIpc) is 2.13. The smallest absolute Gasteiger partial charge is 0.136 e. The van der Waals surface area contributed by atoms with E-state index in [1.807, 2.05) is 13.8 Å². The monoisotopic (exact) mass is 264 g/mol. The van der Waals surface area contributed by atoms with Gasteiger partial charge in [-0.05, 0) is 57.9 Å². The van der Waals surface area contributed by atoms with E-state index < -0.39 is 0 Å². The van der Waals surface area contributed by atoms with E-state index in [2.05, 4.69) is 45.9 Å². The Bertz CT molecular complexity index is 438. The molecule has 0 bridgehead atoms. The van der Waals surface area contributed by atoms with Gasteiger partial charge < -0.3 is 0 Å².